The van der Waals surface area contributed by atoms with Crippen molar-refractivity contribution in [2.45, 2.75) is 51.0 Å². The topological polar surface area (TPSA) is 44.5 Å². The molecule has 1 heterocycles. The van der Waals surface area contributed by atoms with E-state index < -0.39 is 36.0 Å². The normalized spacial score (nSPS) is 22.0. The monoisotopic (exact) mass is 379 g/mol. The van der Waals surface area contributed by atoms with Gasteiger partial charge >= 0.3 is 13.3 Å². The average molecular weight is 380 g/mol. The molecule has 0 spiro atoms. The van der Waals surface area contributed by atoms with Gasteiger partial charge in [-0.25, -0.2) is 0 Å². The van der Waals surface area contributed by atoms with Gasteiger partial charge in [-0.2, -0.15) is 13.2 Å². The Morgan fingerprint density at radius 3 is 2.05 bits per heavy atom. The Morgan fingerprint density at radius 1 is 1.09 bits per heavy atom. The highest BCUT2D eigenvalue weighted by Gasteiger charge is 2.53. The standard InChI is InChI=1S/C14H18BBrF3NO2/c1-12(2)13(3,4)22-15(21-12)11(20)8-5-9(14(17,18)19)7-10(16)6-8/h5-7,11H,20H2,1-4H3/t11-/m0/s1. The van der Waals surface area contributed by atoms with Crippen molar-refractivity contribution in [3.8, 4) is 0 Å². The van der Waals surface area contributed by atoms with Crippen molar-refractivity contribution in [2.24, 2.45) is 5.73 Å². The highest BCUT2D eigenvalue weighted by molar-refractivity contribution is 9.10. The first-order chi connectivity index (χ1) is 9.83. The van der Waals surface area contributed by atoms with Crippen molar-refractivity contribution < 1.29 is 22.5 Å². The Kier molecular flexibility index (Phi) is 4.45. The van der Waals surface area contributed by atoms with Crippen LogP contribution in [0, 0.1) is 0 Å². The van der Waals surface area contributed by atoms with Crippen LogP contribution in [-0.4, -0.2) is 18.3 Å². The first-order valence-electron chi connectivity index (χ1n) is 6.82. The number of alkyl halides is 3. The summed E-state index contributed by atoms with van der Waals surface area (Å²) in [7, 11) is -0.805. The third kappa shape index (κ3) is 3.35. The van der Waals surface area contributed by atoms with E-state index in [1.165, 1.54) is 0 Å². The molecule has 0 bridgehead atoms. The van der Waals surface area contributed by atoms with Crippen LogP contribution >= 0.6 is 15.9 Å². The molecule has 8 heteroatoms. The third-order valence-corrected chi connectivity index (χ3v) is 4.65. The zero-order chi connectivity index (χ0) is 16.9. The van der Waals surface area contributed by atoms with Crippen molar-refractivity contribution in [3.05, 3.63) is 33.8 Å². The van der Waals surface area contributed by atoms with Gasteiger partial charge in [0, 0.05) is 4.47 Å². The van der Waals surface area contributed by atoms with E-state index in [-0.39, 0.29) is 0 Å². The molecular weight excluding hydrogens is 362 g/mol. The van der Waals surface area contributed by atoms with Crippen LogP contribution in [0.3, 0.4) is 0 Å². The van der Waals surface area contributed by atoms with Crippen molar-refractivity contribution in [3.63, 3.8) is 0 Å². The second-order valence-corrected chi connectivity index (χ2v) is 7.34. The lowest BCUT2D eigenvalue weighted by molar-refractivity contribution is -0.137. The fourth-order valence-corrected chi connectivity index (χ4v) is 2.67. The van der Waals surface area contributed by atoms with Crippen molar-refractivity contribution in [1.82, 2.24) is 0 Å². The molecular formula is C14H18BBrF3NO2. The Labute approximate surface area is 136 Å². The second kappa shape index (κ2) is 5.51. The summed E-state index contributed by atoms with van der Waals surface area (Å²) in [4.78, 5) is 0. The number of halogens is 4. The molecule has 0 unspecified atom stereocenters. The zero-order valence-electron chi connectivity index (χ0n) is 12.8. The predicted octanol–water partition coefficient (Wildman–Crippen LogP) is 4.10. The van der Waals surface area contributed by atoms with E-state index >= 15 is 0 Å². The quantitative estimate of drug-likeness (QED) is 0.787. The van der Waals surface area contributed by atoms with E-state index in [0.717, 1.165) is 12.1 Å². The number of benzene rings is 1. The van der Waals surface area contributed by atoms with Crippen LogP contribution in [0.15, 0.2) is 22.7 Å². The van der Waals surface area contributed by atoms with Gasteiger partial charge in [-0.05, 0) is 51.5 Å². The van der Waals surface area contributed by atoms with E-state index in [9.17, 15) is 13.2 Å². The fourth-order valence-electron chi connectivity index (χ4n) is 2.16. The third-order valence-electron chi connectivity index (χ3n) is 4.20. The highest BCUT2D eigenvalue weighted by Crippen LogP contribution is 2.40. The van der Waals surface area contributed by atoms with Crippen LogP contribution in [0.2, 0.25) is 0 Å². The first kappa shape index (κ1) is 17.8. The Hall–Kier alpha value is -0.565. The Morgan fingerprint density at radius 2 is 1.59 bits per heavy atom. The fraction of sp³-hybridized carbons (Fsp3) is 0.571. The lowest BCUT2D eigenvalue weighted by Crippen LogP contribution is -2.41. The summed E-state index contributed by atoms with van der Waals surface area (Å²) in [6.07, 6.45) is -4.44. The van der Waals surface area contributed by atoms with Gasteiger partial charge in [-0.15, -0.1) is 0 Å². The molecule has 1 aliphatic rings. The summed E-state index contributed by atoms with van der Waals surface area (Å²) in [6.45, 7) is 7.45. The summed E-state index contributed by atoms with van der Waals surface area (Å²) in [5.74, 6) is -0.820. The van der Waals surface area contributed by atoms with Crippen molar-refractivity contribution in [1.29, 1.82) is 0 Å². The van der Waals surface area contributed by atoms with E-state index in [4.69, 9.17) is 15.0 Å². The van der Waals surface area contributed by atoms with E-state index in [0.29, 0.717) is 10.0 Å². The Balaban J connectivity index is 2.32. The van der Waals surface area contributed by atoms with Crippen LogP contribution in [0.1, 0.15) is 44.8 Å². The SMILES string of the molecule is CC1(C)OB([C@@H](N)c2cc(Br)cc(C(F)(F)F)c2)OC1(C)C. The van der Waals surface area contributed by atoms with Gasteiger partial charge in [0.15, 0.2) is 0 Å². The number of hydrogen-bond donors (Lipinski definition) is 1. The number of nitrogens with two attached hydrogens (primary N) is 1. The molecule has 2 rings (SSSR count). The number of hydrogen-bond acceptors (Lipinski definition) is 3. The smallest absolute Gasteiger partial charge is 0.402 e. The average Bonchev–Trinajstić information content (AvgIpc) is 2.55. The van der Waals surface area contributed by atoms with Crippen molar-refractivity contribution in [2.75, 3.05) is 0 Å². The lowest BCUT2D eigenvalue weighted by Gasteiger charge is -2.32. The minimum Gasteiger partial charge on any atom is -0.402 e. The van der Waals surface area contributed by atoms with E-state index in [2.05, 4.69) is 15.9 Å². The van der Waals surface area contributed by atoms with Crippen molar-refractivity contribution >= 4 is 23.0 Å². The van der Waals surface area contributed by atoms with Crippen LogP contribution in [0.4, 0.5) is 13.2 Å². The number of rotatable bonds is 2. The van der Waals surface area contributed by atoms with Gasteiger partial charge in [0.2, 0.25) is 0 Å². The summed E-state index contributed by atoms with van der Waals surface area (Å²) >= 11 is 3.09. The zero-order valence-corrected chi connectivity index (χ0v) is 14.4. The van der Waals surface area contributed by atoms with Crippen LogP contribution in [0.25, 0.3) is 0 Å². The van der Waals surface area contributed by atoms with Gasteiger partial charge in [0.1, 0.15) is 0 Å². The molecule has 0 amide bonds. The van der Waals surface area contributed by atoms with Crippen LogP contribution in [-0.2, 0) is 15.5 Å². The van der Waals surface area contributed by atoms with Gasteiger partial charge in [0.25, 0.3) is 0 Å². The van der Waals surface area contributed by atoms with Gasteiger partial charge < -0.3 is 15.0 Å². The minimum atomic E-state index is -4.44. The predicted molar refractivity (Wildman–Crippen MR) is 82.2 cm³/mol. The molecule has 2 N–H and O–H groups in total. The molecule has 1 aromatic carbocycles. The first-order valence-corrected chi connectivity index (χ1v) is 7.62. The summed E-state index contributed by atoms with van der Waals surface area (Å²) in [5, 5.41) is 0. The maximum Gasteiger partial charge on any atom is 0.480 e. The molecule has 22 heavy (non-hydrogen) atoms. The van der Waals surface area contributed by atoms with Gasteiger partial charge in [-0.1, -0.05) is 15.9 Å². The summed E-state index contributed by atoms with van der Waals surface area (Å²) < 4.78 is 50.6. The molecule has 0 radical (unpaired) electrons. The van der Waals surface area contributed by atoms with Gasteiger partial charge in [0.05, 0.1) is 22.7 Å². The molecule has 1 aromatic rings. The summed E-state index contributed by atoms with van der Waals surface area (Å²) in [6, 6.07) is 3.59. The molecule has 1 aliphatic heterocycles. The Bertz CT molecular complexity index is 562. The maximum atomic E-state index is 12.9. The largest absolute Gasteiger partial charge is 0.480 e. The maximum absolute atomic E-state index is 12.9. The lowest BCUT2D eigenvalue weighted by atomic mass is 9.74. The summed E-state index contributed by atoms with van der Waals surface area (Å²) in [5.41, 5.74) is 4.45. The highest BCUT2D eigenvalue weighted by atomic mass is 79.9. The molecule has 3 nitrogen and oxygen atoms in total. The molecule has 1 atom stereocenters. The van der Waals surface area contributed by atoms with Crippen LogP contribution in [0.5, 0.6) is 0 Å². The second-order valence-electron chi connectivity index (χ2n) is 6.42. The molecule has 0 saturated carbocycles. The van der Waals surface area contributed by atoms with Crippen LogP contribution < -0.4 is 5.73 Å². The molecule has 1 fully saturated rings. The molecule has 122 valence electrons. The van der Waals surface area contributed by atoms with E-state index in [1.54, 1.807) is 6.07 Å². The molecule has 0 aliphatic carbocycles. The minimum absolute atomic E-state index is 0.306. The van der Waals surface area contributed by atoms with E-state index in [1.807, 2.05) is 27.7 Å². The van der Waals surface area contributed by atoms with Gasteiger partial charge in [-0.3, -0.25) is 0 Å². The molecule has 0 aromatic heterocycles. The molecule has 1 saturated heterocycles.